The summed E-state index contributed by atoms with van der Waals surface area (Å²) in [4.78, 5) is 18.3. The summed E-state index contributed by atoms with van der Waals surface area (Å²) in [6.07, 6.45) is 4.71. The number of fused-ring (bicyclic) bond motifs is 2. The number of hydrogen-bond donors (Lipinski definition) is 3. The Hall–Kier alpha value is -4.01. The molecule has 5 rings (SSSR count). The molecule has 202 valence electrons. The molecule has 1 atom stereocenters. The molecule has 0 radical (unpaired) electrons. The molecule has 0 aliphatic heterocycles. The Bertz CT molecular complexity index is 1700. The Morgan fingerprint density at radius 2 is 1.82 bits per heavy atom. The van der Waals surface area contributed by atoms with Crippen molar-refractivity contribution >= 4 is 27.4 Å². The number of nitrogens with one attached hydrogen (secondary N) is 1. The van der Waals surface area contributed by atoms with Crippen molar-refractivity contribution in [3.05, 3.63) is 88.1 Å². The van der Waals surface area contributed by atoms with Crippen molar-refractivity contribution in [1.82, 2.24) is 19.3 Å². The fourth-order valence-electron chi connectivity index (χ4n) is 5.19. The van der Waals surface area contributed by atoms with Crippen LogP contribution in [-0.2, 0) is 26.6 Å². The minimum absolute atomic E-state index is 0.0745. The average molecular weight is 525 g/mol. The molecule has 5 aromatic rings. The highest BCUT2D eigenvalue weighted by atomic mass is 16.3. The molecular formula is C31H36N6O2. The van der Waals surface area contributed by atoms with E-state index in [1.165, 1.54) is 4.68 Å². The van der Waals surface area contributed by atoms with Gasteiger partial charge in [0.05, 0.1) is 23.4 Å². The molecule has 1 unspecified atom stereocenters. The molecule has 0 aliphatic carbocycles. The van der Waals surface area contributed by atoms with Crippen molar-refractivity contribution < 1.29 is 5.11 Å². The van der Waals surface area contributed by atoms with Crippen molar-refractivity contribution in [3.8, 4) is 11.3 Å². The number of anilines is 1. The molecule has 0 saturated heterocycles. The zero-order valence-corrected chi connectivity index (χ0v) is 23.0. The highest BCUT2D eigenvalue weighted by molar-refractivity contribution is 5.98. The maximum Gasteiger partial charge on any atom is 0.276 e. The lowest BCUT2D eigenvalue weighted by atomic mass is 10.0. The third kappa shape index (κ3) is 5.17. The molecule has 0 amide bonds. The maximum absolute atomic E-state index is 13.6. The summed E-state index contributed by atoms with van der Waals surface area (Å²) in [7, 11) is 1.71. The highest BCUT2D eigenvalue weighted by Gasteiger charge is 2.21. The van der Waals surface area contributed by atoms with Crippen LogP contribution >= 0.6 is 0 Å². The van der Waals surface area contributed by atoms with Crippen LogP contribution in [0.3, 0.4) is 0 Å². The minimum atomic E-state index is -0.140. The van der Waals surface area contributed by atoms with Crippen LogP contribution in [0.2, 0.25) is 0 Å². The molecule has 0 aliphatic rings. The van der Waals surface area contributed by atoms with Crippen LogP contribution in [0, 0.1) is 5.92 Å². The summed E-state index contributed by atoms with van der Waals surface area (Å²) in [5.74, 6) is 1.19. The molecule has 4 N–H and O–H groups in total. The smallest absolute Gasteiger partial charge is 0.276 e. The zero-order valence-electron chi connectivity index (χ0n) is 23.0. The molecule has 0 saturated carbocycles. The number of aliphatic hydroxyl groups is 1. The molecule has 3 aromatic heterocycles. The van der Waals surface area contributed by atoms with Gasteiger partial charge in [-0.2, -0.15) is 5.10 Å². The summed E-state index contributed by atoms with van der Waals surface area (Å²) in [6, 6.07) is 16.0. The van der Waals surface area contributed by atoms with E-state index in [0.717, 1.165) is 56.5 Å². The van der Waals surface area contributed by atoms with Crippen molar-refractivity contribution in [2.45, 2.75) is 46.4 Å². The second-order valence-corrected chi connectivity index (χ2v) is 10.7. The first-order valence-electron chi connectivity index (χ1n) is 13.4. The lowest BCUT2D eigenvalue weighted by Gasteiger charge is -2.17. The van der Waals surface area contributed by atoms with Gasteiger partial charge in [0.1, 0.15) is 5.82 Å². The lowest BCUT2D eigenvalue weighted by Crippen LogP contribution is -2.25. The van der Waals surface area contributed by atoms with Gasteiger partial charge < -0.3 is 20.7 Å². The van der Waals surface area contributed by atoms with E-state index in [1.807, 2.05) is 49.5 Å². The van der Waals surface area contributed by atoms with E-state index in [0.29, 0.717) is 24.4 Å². The predicted octanol–water partition coefficient (Wildman–Crippen LogP) is 4.45. The van der Waals surface area contributed by atoms with Crippen LogP contribution in [0.1, 0.15) is 37.6 Å². The standard InChI is InChI=1S/C31H36N6O2/c1-19(2)12-27-26-17-37(16-23-15-33-30(34-20(3)14-32)25-11-6-5-10-24(23)25)29(28(26)31(39)36(4)35-27)22-9-7-8-21(13-22)18-38/h5-11,13,15,17,19-20,38H,12,14,16,18,32H2,1-4H3,(H,33,34). The van der Waals surface area contributed by atoms with E-state index in [1.54, 1.807) is 7.05 Å². The Labute approximate surface area is 228 Å². The van der Waals surface area contributed by atoms with E-state index in [4.69, 9.17) is 10.7 Å². The predicted molar refractivity (Wildman–Crippen MR) is 158 cm³/mol. The Morgan fingerprint density at radius 1 is 1.05 bits per heavy atom. The first kappa shape index (κ1) is 26.6. The number of pyridine rings is 1. The normalized spacial score (nSPS) is 12.5. The van der Waals surface area contributed by atoms with Gasteiger partial charge in [-0.05, 0) is 47.4 Å². The van der Waals surface area contributed by atoms with Gasteiger partial charge >= 0.3 is 0 Å². The van der Waals surface area contributed by atoms with Crippen LogP contribution in [-0.4, -0.2) is 37.0 Å². The molecule has 0 bridgehead atoms. The van der Waals surface area contributed by atoms with E-state index in [9.17, 15) is 9.90 Å². The van der Waals surface area contributed by atoms with Gasteiger partial charge in [-0.3, -0.25) is 4.79 Å². The van der Waals surface area contributed by atoms with E-state index >= 15 is 0 Å². The van der Waals surface area contributed by atoms with Gasteiger partial charge in [0.2, 0.25) is 0 Å². The molecule has 8 nitrogen and oxygen atoms in total. The number of aliphatic hydroxyl groups excluding tert-OH is 1. The van der Waals surface area contributed by atoms with E-state index < -0.39 is 0 Å². The van der Waals surface area contributed by atoms with Gasteiger partial charge in [-0.1, -0.05) is 56.3 Å². The van der Waals surface area contributed by atoms with Crippen LogP contribution in [0.15, 0.2) is 65.7 Å². The van der Waals surface area contributed by atoms with Crippen LogP contribution in [0.4, 0.5) is 5.82 Å². The first-order valence-corrected chi connectivity index (χ1v) is 13.4. The number of aryl methyl sites for hydroxylation is 1. The van der Waals surface area contributed by atoms with Gasteiger partial charge in [-0.15, -0.1) is 0 Å². The Morgan fingerprint density at radius 3 is 2.54 bits per heavy atom. The van der Waals surface area contributed by atoms with E-state index in [-0.39, 0.29) is 18.2 Å². The van der Waals surface area contributed by atoms with Gasteiger partial charge in [0, 0.05) is 49.3 Å². The molecule has 0 fully saturated rings. The Balaban J connectivity index is 1.75. The van der Waals surface area contributed by atoms with E-state index in [2.05, 4.69) is 47.2 Å². The summed E-state index contributed by atoms with van der Waals surface area (Å²) in [6.45, 7) is 7.28. The average Bonchev–Trinajstić information content (AvgIpc) is 3.32. The topological polar surface area (TPSA) is 111 Å². The van der Waals surface area contributed by atoms with Crippen LogP contribution < -0.4 is 16.6 Å². The van der Waals surface area contributed by atoms with Crippen molar-refractivity contribution in [2.75, 3.05) is 11.9 Å². The summed E-state index contributed by atoms with van der Waals surface area (Å²) < 4.78 is 3.58. The lowest BCUT2D eigenvalue weighted by molar-refractivity contribution is 0.282. The van der Waals surface area contributed by atoms with Gasteiger partial charge in [-0.25, -0.2) is 9.67 Å². The molecular weight excluding hydrogens is 488 g/mol. The number of hydrogen-bond acceptors (Lipinski definition) is 6. The molecule has 39 heavy (non-hydrogen) atoms. The highest BCUT2D eigenvalue weighted by Crippen LogP contribution is 2.33. The van der Waals surface area contributed by atoms with Gasteiger partial charge in [0.25, 0.3) is 5.56 Å². The summed E-state index contributed by atoms with van der Waals surface area (Å²) >= 11 is 0. The zero-order chi connectivity index (χ0) is 27.7. The molecule has 8 heteroatoms. The van der Waals surface area contributed by atoms with Crippen LogP contribution in [0.5, 0.6) is 0 Å². The summed E-state index contributed by atoms with van der Waals surface area (Å²) in [5, 5.41) is 21.5. The van der Waals surface area contributed by atoms with Gasteiger partial charge in [0.15, 0.2) is 0 Å². The number of nitrogens with two attached hydrogens (primary N) is 1. The monoisotopic (exact) mass is 524 g/mol. The van der Waals surface area contributed by atoms with Crippen molar-refractivity contribution in [1.29, 1.82) is 0 Å². The second-order valence-electron chi connectivity index (χ2n) is 10.7. The third-order valence-electron chi connectivity index (χ3n) is 7.11. The van der Waals surface area contributed by atoms with Crippen molar-refractivity contribution in [2.24, 2.45) is 18.7 Å². The minimum Gasteiger partial charge on any atom is -0.392 e. The third-order valence-corrected chi connectivity index (χ3v) is 7.11. The fraction of sp³-hybridized carbons (Fsp3) is 0.323. The second kappa shape index (κ2) is 11.0. The number of aromatic nitrogens is 4. The Kier molecular flexibility index (Phi) is 7.50. The SMILES string of the molecule is CC(C)Cc1nn(C)c(=O)c2c(-c3cccc(CO)c3)n(Cc3cnc(NC(C)CN)c4ccccc34)cc12. The quantitative estimate of drug-likeness (QED) is 0.263. The molecule has 3 heterocycles. The maximum atomic E-state index is 13.6. The first-order chi connectivity index (χ1) is 18.8. The number of rotatable bonds is 9. The van der Waals surface area contributed by atoms with Crippen LogP contribution in [0.25, 0.3) is 32.8 Å². The number of benzene rings is 2. The van der Waals surface area contributed by atoms with Crippen molar-refractivity contribution in [3.63, 3.8) is 0 Å². The largest absolute Gasteiger partial charge is 0.392 e. The molecule has 0 spiro atoms. The fourth-order valence-corrected chi connectivity index (χ4v) is 5.19. The summed E-state index contributed by atoms with van der Waals surface area (Å²) in [5.41, 5.74) is 10.1. The molecule has 2 aromatic carbocycles. The number of nitrogens with zero attached hydrogens (tertiary/aromatic N) is 4.